The average molecular weight is 243 g/mol. The molecule has 0 saturated carbocycles. The summed E-state index contributed by atoms with van der Waals surface area (Å²) in [7, 11) is 0.344. The van der Waals surface area contributed by atoms with E-state index in [4.69, 9.17) is 14.7 Å². The molecule has 0 aromatic rings. The zero-order valence-electron chi connectivity index (χ0n) is 9.25. The molecule has 0 rings (SSSR count). The van der Waals surface area contributed by atoms with E-state index < -0.39 is 6.72 Å². The van der Waals surface area contributed by atoms with Crippen LogP contribution in [0, 0.1) is 0 Å². The van der Waals surface area contributed by atoms with E-state index >= 15 is 0 Å². The summed E-state index contributed by atoms with van der Waals surface area (Å²) in [5, 5.41) is 0. The highest BCUT2D eigenvalue weighted by Gasteiger charge is 2.12. The van der Waals surface area contributed by atoms with Gasteiger partial charge in [0, 0.05) is 24.4 Å². The summed E-state index contributed by atoms with van der Waals surface area (Å²) >= 11 is 0. The Kier molecular flexibility index (Phi) is 6.53. The molecule has 0 bridgehead atoms. The van der Waals surface area contributed by atoms with Gasteiger partial charge in [-0.15, -0.1) is 10.9 Å². The van der Waals surface area contributed by atoms with E-state index in [0.717, 1.165) is 6.54 Å². The summed E-state index contributed by atoms with van der Waals surface area (Å²) in [6.07, 6.45) is 0. The fraction of sp³-hybridized carbons (Fsp3) is 1.00. The molecule has 14 heavy (non-hydrogen) atoms. The van der Waals surface area contributed by atoms with Crippen LogP contribution in [0.2, 0.25) is 0 Å². The summed E-state index contributed by atoms with van der Waals surface area (Å²) < 4.78 is 0. The van der Waals surface area contributed by atoms with Crippen LogP contribution < -0.4 is 0 Å². The van der Waals surface area contributed by atoms with Crippen LogP contribution in [0.5, 0.6) is 0 Å². The number of rotatable bonds is 5. The number of hydrogen-bond donors (Lipinski definition) is 4. The van der Waals surface area contributed by atoms with E-state index in [1.165, 1.54) is 0 Å². The fourth-order valence-electron chi connectivity index (χ4n) is 1.41. The van der Waals surface area contributed by atoms with Crippen molar-refractivity contribution in [1.82, 2.24) is 4.90 Å². The molecule has 0 aliphatic carbocycles. The molecule has 0 radical (unpaired) electrons. The Labute approximate surface area is 89.8 Å². The van der Waals surface area contributed by atoms with Crippen molar-refractivity contribution in [2.45, 2.75) is 39.8 Å². The van der Waals surface area contributed by atoms with Crippen LogP contribution in [-0.2, 0) is 10.9 Å². The van der Waals surface area contributed by atoms with E-state index in [9.17, 15) is 0 Å². The molecular weight excluding hydrogens is 221 g/mol. The Hall–Kier alpha value is 0.620. The van der Waals surface area contributed by atoms with Gasteiger partial charge < -0.3 is 14.7 Å². The maximum atomic E-state index is 8.80. The lowest BCUT2D eigenvalue weighted by Gasteiger charge is -2.30. The fourth-order valence-corrected chi connectivity index (χ4v) is 3.07. The number of hydrogen-bond acceptors (Lipinski definition) is 1. The quantitative estimate of drug-likeness (QED) is 0.421. The summed E-state index contributed by atoms with van der Waals surface area (Å²) in [4.78, 5) is 28.6. The topological polar surface area (TPSA) is 63.9 Å². The maximum absolute atomic E-state index is 8.80. The highest BCUT2D eigenvalue weighted by Crippen LogP contribution is 2.30. The van der Waals surface area contributed by atoms with Gasteiger partial charge in [0.25, 0.3) is 6.72 Å². The van der Waals surface area contributed by atoms with Gasteiger partial charge in [-0.1, -0.05) is 0 Å². The zero-order valence-corrected chi connectivity index (χ0v) is 11.0. The van der Waals surface area contributed by atoms with Gasteiger partial charge in [-0.3, -0.25) is 4.90 Å². The summed E-state index contributed by atoms with van der Waals surface area (Å²) in [5.41, 5.74) is 0. The second-order valence-corrected chi connectivity index (χ2v) is 8.09. The predicted octanol–water partition coefficient (Wildman–Crippen LogP) is 0.575. The van der Waals surface area contributed by atoms with Crippen molar-refractivity contribution in [3.63, 3.8) is 0 Å². The third-order valence-electron chi connectivity index (χ3n) is 1.97. The van der Waals surface area contributed by atoms with Gasteiger partial charge in [-0.2, -0.15) is 0 Å². The molecule has 6 heteroatoms. The second-order valence-electron chi connectivity index (χ2n) is 3.83. The minimum atomic E-state index is -3.59. The van der Waals surface area contributed by atoms with Crippen molar-refractivity contribution < 1.29 is 14.7 Å². The molecule has 0 aliphatic rings. The lowest BCUT2D eigenvalue weighted by Crippen LogP contribution is -2.38. The molecule has 0 spiro atoms. The summed E-state index contributed by atoms with van der Waals surface area (Å²) in [5.74, 6) is 0.591. The van der Waals surface area contributed by atoms with Crippen molar-refractivity contribution in [1.29, 1.82) is 0 Å². The van der Waals surface area contributed by atoms with Crippen molar-refractivity contribution in [2.75, 3.05) is 12.3 Å². The third-order valence-corrected chi connectivity index (χ3v) is 4.49. The molecule has 0 fully saturated rings. The largest absolute Gasteiger partial charge is 0.329 e. The number of nitrogens with zero attached hydrogens (tertiary/aromatic N) is 1. The van der Waals surface area contributed by atoms with Crippen LogP contribution in [0.15, 0.2) is 0 Å². The lowest BCUT2D eigenvalue weighted by atomic mass is 10.2. The Morgan fingerprint density at radius 1 is 1.07 bits per heavy atom. The van der Waals surface area contributed by atoms with Gasteiger partial charge in [0.2, 0.25) is 0 Å². The standard InChI is InChI=1S/C8H22NO3PS/c1-7(2)9(8(3)4)5-6-14-13(10,11)12/h7-8,10-12,14H,5-6H2,1-4H3. The molecule has 0 amide bonds. The SMILES string of the molecule is CC(C)N(CC[SH]=P(O)(O)O)C(C)C. The van der Waals surface area contributed by atoms with E-state index in [1.807, 2.05) is 0 Å². The molecule has 0 heterocycles. The van der Waals surface area contributed by atoms with Crippen LogP contribution in [0.4, 0.5) is 0 Å². The van der Waals surface area contributed by atoms with E-state index in [1.54, 1.807) is 0 Å². The normalized spacial score (nSPS) is 13.3. The zero-order chi connectivity index (χ0) is 11.4. The van der Waals surface area contributed by atoms with Gasteiger partial charge in [-0.25, -0.2) is 0 Å². The Morgan fingerprint density at radius 2 is 1.50 bits per heavy atom. The Balaban J connectivity index is 4.09. The molecule has 0 saturated heterocycles. The smallest absolute Gasteiger partial charge is 0.274 e. The first-order valence-corrected chi connectivity index (χ1v) is 8.19. The van der Waals surface area contributed by atoms with Crippen LogP contribution in [-0.4, -0.2) is 44.0 Å². The first kappa shape index (κ1) is 14.6. The summed E-state index contributed by atoms with van der Waals surface area (Å²) in [6.45, 7) is 5.62. The molecule has 0 unspecified atom stereocenters. The van der Waals surface area contributed by atoms with Crippen molar-refractivity contribution >= 4 is 17.7 Å². The minimum Gasteiger partial charge on any atom is -0.329 e. The monoisotopic (exact) mass is 243 g/mol. The molecule has 3 N–H and O–H groups in total. The summed E-state index contributed by atoms with van der Waals surface area (Å²) in [6, 6.07) is 0.878. The Bertz CT molecular complexity index is 198. The lowest BCUT2D eigenvalue weighted by molar-refractivity contribution is 0.187. The highest BCUT2D eigenvalue weighted by atomic mass is 32.5. The van der Waals surface area contributed by atoms with Crippen molar-refractivity contribution in [3.05, 3.63) is 0 Å². The van der Waals surface area contributed by atoms with Gasteiger partial charge >= 0.3 is 0 Å². The van der Waals surface area contributed by atoms with Crippen LogP contribution in [0.25, 0.3) is 0 Å². The minimum absolute atomic E-state index is 0.344. The van der Waals surface area contributed by atoms with Crippen molar-refractivity contribution in [3.8, 4) is 0 Å². The molecule has 4 nitrogen and oxygen atoms in total. The van der Waals surface area contributed by atoms with Crippen LogP contribution in [0.1, 0.15) is 27.7 Å². The first-order valence-electron chi connectivity index (χ1n) is 4.76. The van der Waals surface area contributed by atoms with E-state index in [0.29, 0.717) is 28.8 Å². The van der Waals surface area contributed by atoms with Gasteiger partial charge in [0.15, 0.2) is 0 Å². The van der Waals surface area contributed by atoms with Crippen LogP contribution >= 0.6 is 6.72 Å². The van der Waals surface area contributed by atoms with Crippen molar-refractivity contribution in [2.24, 2.45) is 0 Å². The van der Waals surface area contributed by atoms with Crippen LogP contribution in [0.3, 0.4) is 0 Å². The molecule has 0 aromatic heterocycles. The van der Waals surface area contributed by atoms with Gasteiger partial charge in [-0.05, 0) is 27.7 Å². The molecule has 88 valence electrons. The average Bonchev–Trinajstić information content (AvgIpc) is 1.94. The molecule has 0 aromatic carbocycles. The molecule has 0 atom stereocenters. The van der Waals surface area contributed by atoms with E-state index in [-0.39, 0.29) is 0 Å². The second kappa shape index (κ2) is 6.26. The maximum Gasteiger partial charge on any atom is 0.274 e. The third kappa shape index (κ3) is 6.98. The Morgan fingerprint density at radius 3 is 1.79 bits per heavy atom. The van der Waals surface area contributed by atoms with E-state index in [2.05, 4.69) is 32.6 Å². The first-order chi connectivity index (χ1) is 6.24. The highest BCUT2D eigenvalue weighted by molar-refractivity contribution is 8.16. The predicted molar refractivity (Wildman–Crippen MR) is 64.2 cm³/mol. The van der Waals surface area contributed by atoms with Gasteiger partial charge in [0.05, 0.1) is 0 Å². The molecule has 0 aliphatic heterocycles. The molecular formula is C8H22NO3PS. The van der Waals surface area contributed by atoms with Gasteiger partial charge in [0.1, 0.15) is 0 Å². The number of thiol groups is 1.